The maximum Gasteiger partial charge on any atom is 0.205 e. The lowest BCUT2D eigenvalue weighted by molar-refractivity contribution is 0.170. The number of aryl methyl sites for hydroxylation is 1. The Kier molecular flexibility index (Phi) is 4.54. The first-order chi connectivity index (χ1) is 14.8. The maximum atomic E-state index is 9.29. The molecule has 0 saturated carbocycles. The Morgan fingerprint density at radius 2 is 1.80 bits per heavy atom. The van der Waals surface area contributed by atoms with Crippen LogP contribution in [-0.4, -0.2) is 11.8 Å². The van der Waals surface area contributed by atoms with E-state index in [9.17, 15) is 10.5 Å². The summed E-state index contributed by atoms with van der Waals surface area (Å²) in [5.41, 5.74) is 6.93. The highest BCUT2D eigenvalue weighted by Gasteiger charge is 2.35. The molecule has 2 aliphatic rings. The summed E-state index contributed by atoms with van der Waals surface area (Å²) in [7, 11) is 0. The Morgan fingerprint density at radius 3 is 2.67 bits per heavy atom. The van der Waals surface area contributed by atoms with Crippen LogP contribution in [0.5, 0.6) is 5.75 Å². The third kappa shape index (κ3) is 3.13. The molecule has 0 amide bonds. The van der Waals surface area contributed by atoms with Crippen molar-refractivity contribution in [3.05, 3.63) is 89.0 Å². The third-order valence-electron chi connectivity index (χ3n) is 6.10. The molecule has 4 heteroatoms. The lowest BCUT2D eigenvalue weighted by Gasteiger charge is -2.31. The van der Waals surface area contributed by atoms with Gasteiger partial charge in [-0.15, -0.1) is 0 Å². The van der Waals surface area contributed by atoms with Crippen molar-refractivity contribution in [1.82, 2.24) is 0 Å². The van der Waals surface area contributed by atoms with Crippen molar-refractivity contribution in [3.63, 3.8) is 0 Å². The van der Waals surface area contributed by atoms with E-state index in [-0.39, 0.29) is 6.10 Å². The quantitative estimate of drug-likeness (QED) is 0.553. The summed E-state index contributed by atoms with van der Waals surface area (Å²) in [5, 5.41) is 18.5. The van der Waals surface area contributed by atoms with Gasteiger partial charge in [0.25, 0.3) is 0 Å². The maximum absolute atomic E-state index is 9.29. The fourth-order valence-electron chi connectivity index (χ4n) is 4.68. The van der Waals surface area contributed by atoms with E-state index < -0.39 is 0 Å². The second kappa shape index (κ2) is 7.50. The van der Waals surface area contributed by atoms with E-state index in [0.29, 0.717) is 17.9 Å². The number of benzene rings is 3. The Bertz CT molecular complexity index is 1250. The van der Waals surface area contributed by atoms with E-state index in [2.05, 4.69) is 35.3 Å². The molecule has 0 radical (unpaired) electrons. The van der Waals surface area contributed by atoms with E-state index in [1.54, 1.807) is 6.07 Å². The van der Waals surface area contributed by atoms with Crippen molar-refractivity contribution in [2.75, 3.05) is 0 Å². The Hall–Kier alpha value is -3.89. The van der Waals surface area contributed by atoms with E-state index in [1.165, 1.54) is 11.1 Å². The lowest BCUT2D eigenvalue weighted by Crippen LogP contribution is -2.32. The number of fused-ring (bicyclic) bond motifs is 2. The van der Waals surface area contributed by atoms with E-state index >= 15 is 0 Å². The first-order valence-electron chi connectivity index (χ1n) is 10.1. The molecule has 0 fully saturated rings. The normalized spacial score (nSPS) is 20.5. The molecule has 2 unspecified atom stereocenters. The molecule has 5 rings (SSSR count). The highest BCUT2D eigenvalue weighted by molar-refractivity contribution is 6.05. The SMILES string of the molecule is N#CN=C1CC(C2CCc3ccccc32)Oc2ccc(-c3cccc(C#N)c3)cc21. The van der Waals surface area contributed by atoms with Crippen LogP contribution >= 0.6 is 0 Å². The van der Waals surface area contributed by atoms with E-state index in [1.807, 2.05) is 42.6 Å². The van der Waals surface area contributed by atoms with Crippen LogP contribution in [0.4, 0.5) is 0 Å². The van der Waals surface area contributed by atoms with E-state index in [0.717, 1.165) is 41.0 Å². The number of nitrogens with zero attached hydrogens (tertiary/aromatic N) is 3. The van der Waals surface area contributed by atoms with Crippen LogP contribution < -0.4 is 4.74 Å². The zero-order valence-corrected chi connectivity index (χ0v) is 16.4. The van der Waals surface area contributed by atoms with Gasteiger partial charge < -0.3 is 4.74 Å². The van der Waals surface area contributed by atoms with Gasteiger partial charge >= 0.3 is 0 Å². The Morgan fingerprint density at radius 1 is 0.933 bits per heavy atom. The summed E-state index contributed by atoms with van der Waals surface area (Å²) < 4.78 is 6.44. The first kappa shape index (κ1) is 18.2. The van der Waals surface area contributed by atoms with Crippen molar-refractivity contribution >= 4 is 5.71 Å². The second-order valence-corrected chi connectivity index (χ2v) is 7.77. The van der Waals surface area contributed by atoms with Gasteiger partial charge in [-0.1, -0.05) is 42.5 Å². The summed E-state index contributed by atoms with van der Waals surface area (Å²) in [6.07, 6.45) is 4.68. The van der Waals surface area contributed by atoms with Gasteiger partial charge in [-0.05, 0) is 59.4 Å². The molecule has 0 spiro atoms. The number of rotatable bonds is 2. The standard InChI is InChI=1S/C26H19N3O/c27-15-17-4-3-6-19(12-17)20-9-11-25-23(13-20)24(29-16-28)14-26(30-25)22-10-8-18-5-1-2-7-21(18)22/h1-7,9,11-13,22,26H,8,10,14H2. The Balaban J connectivity index is 1.52. The molecular formula is C26H19N3O. The molecular weight excluding hydrogens is 370 g/mol. The fraction of sp³-hybridized carbons (Fsp3) is 0.192. The van der Waals surface area contributed by atoms with Crippen LogP contribution in [0.15, 0.2) is 71.7 Å². The monoisotopic (exact) mass is 389 g/mol. The molecule has 0 aromatic heterocycles. The molecule has 0 saturated heterocycles. The summed E-state index contributed by atoms with van der Waals surface area (Å²) >= 11 is 0. The number of ether oxygens (including phenoxy) is 1. The summed E-state index contributed by atoms with van der Waals surface area (Å²) in [5.74, 6) is 1.08. The lowest BCUT2D eigenvalue weighted by atomic mass is 9.87. The molecule has 1 aliphatic heterocycles. The van der Waals surface area contributed by atoms with E-state index in [4.69, 9.17) is 4.74 Å². The van der Waals surface area contributed by atoms with Crippen LogP contribution in [0.2, 0.25) is 0 Å². The predicted molar refractivity (Wildman–Crippen MR) is 115 cm³/mol. The van der Waals surface area contributed by atoms with Gasteiger partial charge in [-0.3, -0.25) is 0 Å². The van der Waals surface area contributed by atoms with Crippen LogP contribution in [-0.2, 0) is 6.42 Å². The number of hydrogen-bond acceptors (Lipinski definition) is 4. The topological polar surface area (TPSA) is 69.2 Å². The smallest absolute Gasteiger partial charge is 0.205 e. The fourth-order valence-corrected chi connectivity index (χ4v) is 4.68. The second-order valence-electron chi connectivity index (χ2n) is 7.77. The molecule has 0 N–H and O–H groups in total. The number of nitriles is 2. The predicted octanol–water partition coefficient (Wildman–Crippen LogP) is 5.38. The minimum Gasteiger partial charge on any atom is -0.489 e. The largest absolute Gasteiger partial charge is 0.489 e. The highest BCUT2D eigenvalue weighted by atomic mass is 16.5. The van der Waals surface area contributed by atoms with Crippen molar-refractivity contribution in [1.29, 1.82) is 10.5 Å². The van der Waals surface area contributed by atoms with Gasteiger partial charge in [0.15, 0.2) is 0 Å². The first-order valence-corrected chi connectivity index (χ1v) is 10.1. The molecule has 4 nitrogen and oxygen atoms in total. The van der Waals surface area contributed by atoms with Crippen molar-refractivity contribution < 1.29 is 4.74 Å². The minimum absolute atomic E-state index is 0.0268. The van der Waals surface area contributed by atoms with Gasteiger partial charge in [0, 0.05) is 17.9 Å². The van der Waals surface area contributed by atoms with Crippen LogP contribution in [0, 0.1) is 22.8 Å². The molecule has 3 aromatic rings. The van der Waals surface area contributed by atoms with Crippen LogP contribution in [0.3, 0.4) is 0 Å². The van der Waals surface area contributed by atoms with Crippen LogP contribution in [0.25, 0.3) is 11.1 Å². The van der Waals surface area contributed by atoms with Gasteiger partial charge in [-0.2, -0.15) is 15.5 Å². The number of aliphatic imine (C=N–C) groups is 1. The highest BCUT2D eigenvalue weighted by Crippen LogP contribution is 2.42. The van der Waals surface area contributed by atoms with Crippen molar-refractivity contribution in [2.24, 2.45) is 4.99 Å². The molecule has 2 atom stereocenters. The third-order valence-corrected chi connectivity index (χ3v) is 6.10. The molecule has 1 aliphatic carbocycles. The van der Waals surface area contributed by atoms with Gasteiger partial charge in [-0.25, -0.2) is 0 Å². The zero-order chi connectivity index (χ0) is 20.5. The summed E-state index contributed by atoms with van der Waals surface area (Å²) in [4.78, 5) is 4.16. The molecule has 144 valence electrons. The van der Waals surface area contributed by atoms with Crippen molar-refractivity contribution in [2.45, 2.75) is 31.3 Å². The molecule has 1 heterocycles. The van der Waals surface area contributed by atoms with Gasteiger partial charge in [0.05, 0.1) is 17.3 Å². The summed E-state index contributed by atoms with van der Waals surface area (Å²) in [6, 6.07) is 24.2. The van der Waals surface area contributed by atoms with Crippen LogP contribution in [0.1, 0.15) is 41.0 Å². The Labute approximate surface area is 175 Å². The molecule has 30 heavy (non-hydrogen) atoms. The molecule has 3 aromatic carbocycles. The average Bonchev–Trinajstić information content (AvgIpc) is 3.23. The van der Waals surface area contributed by atoms with Crippen molar-refractivity contribution in [3.8, 4) is 29.1 Å². The summed E-state index contributed by atoms with van der Waals surface area (Å²) in [6.45, 7) is 0. The zero-order valence-electron chi connectivity index (χ0n) is 16.4. The van der Waals surface area contributed by atoms with Gasteiger partial charge in [0.1, 0.15) is 11.9 Å². The molecule has 0 bridgehead atoms. The average molecular weight is 389 g/mol. The number of hydrogen-bond donors (Lipinski definition) is 0. The van der Waals surface area contributed by atoms with Gasteiger partial charge in [0.2, 0.25) is 6.19 Å². The minimum atomic E-state index is -0.0268.